The summed E-state index contributed by atoms with van der Waals surface area (Å²) >= 11 is 0. The first-order valence-corrected chi connectivity index (χ1v) is 9.47. The molecular weight excluding hydrogens is 314 g/mol. The normalized spacial score (nSPS) is 20.7. The van der Waals surface area contributed by atoms with E-state index in [1.54, 1.807) is 28.6 Å². The van der Waals surface area contributed by atoms with Crippen molar-refractivity contribution in [1.82, 2.24) is 14.5 Å². The molecule has 0 N–H and O–H groups in total. The van der Waals surface area contributed by atoms with Crippen LogP contribution in [0.4, 0.5) is 0 Å². The number of aromatic nitrogens is 2. The van der Waals surface area contributed by atoms with Crippen LogP contribution in [-0.2, 0) is 10.0 Å². The van der Waals surface area contributed by atoms with Crippen LogP contribution < -0.4 is 0 Å². The molecule has 0 unspecified atom stereocenters. The van der Waals surface area contributed by atoms with Crippen molar-refractivity contribution < 1.29 is 12.8 Å². The molecule has 122 valence electrons. The molecule has 2 fully saturated rings. The maximum absolute atomic E-state index is 12.6. The van der Waals surface area contributed by atoms with Crippen molar-refractivity contribution in [3.8, 4) is 0 Å². The van der Waals surface area contributed by atoms with Crippen molar-refractivity contribution in [2.75, 3.05) is 13.1 Å². The maximum atomic E-state index is 12.6. The lowest BCUT2D eigenvalue weighted by molar-refractivity contribution is 0.286. The molecule has 1 aromatic heterocycles. The molecule has 0 amide bonds. The number of nitrogens with zero attached hydrogens (tertiary/aromatic N) is 3. The number of rotatable bonds is 4. The molecular formula is C16H19N3O3S. The van der Waals surface area contributed by atoms with E-state index in [1.165, 1.54) is 0 Å². The topological polar surface area (TPSA) is 76.3 Å². The minimum atomic E-state index is -3.40. The van der Waals surface area contributed by atoms with Crippen molar-refractivity contribution in [2.45, 2.75) is 42.4 Å². The van der Waals surface area contributed by atoms with Gasteiger partial charge in [-0.25, -0.2) is 8.42 Å². The van der Waals surface area contributed by atoms with E-state index in [1.807, 2.05) is 6.07 Å². The fourth-order valence-electron chi connectivity index (χ4n) is 2.99. The molecule has 6 nitrogen and oxygen atoms in total. The fourth-order valence-corrected chi connectivity index (χ4v) is 4.48. The third kappa shape index (κ3) is 2.90. The van der Waals surface area contributed by atoms with Gasteiger partial charge in [0.25, 0.3) is 0 Å². The zero-order chi connectivity index (χ0) is 15.9. The second-order valence-electron chi connectivity index (χ2n) is 6.24. The molecule has 2 aliphatic rings. The van der Waals surface area contributed by atoms with Crippen LogP contribution in [0.1, 0.15) is 49.3 Å². The van der Waals surface area contributed by atoms with Crippen LogP contribution in [-0.4, -0.2) is 36.0 Å². The summed E-state index contributed by atoms with van der Waals surface area (Å²) in [6, 6.07) is 8.59. The summed E-state index contributed by atoms with van der Waals surface area (Å²) in [5.74, 6) is 2.04. The lowest BCUT2D eigenvalue weighted by Crippen LogP contribution is -2.37. The van der Waals surface area contributed by atoms with E-state index < -0.39 is 10.0 Å². The summed E-state index contributed by atoms with van der Waals surface area (Å²) in [5.41, 5.74) is 0. The van der Waals surface area contributed by atoms with E-state index in [9.17, 15) is 8.42 Å². The Morgan fingerprint density at radius 1 is 0.913 bits per heavy atom. The Balaban J connectivity index is 1.44. The van der Waals surface area contributed by atoms with Gasteiger partial charge in [0, 0.05) is 24.9 Å². The Bertz CT molecular complexity index is 776. The second-order valence-corrected chi connectivity index (χ2v) is 8.18. The van der Waals surface area contributed by atoms with Gasteiger partial charge in [0.15, 0.2) is 0 Å². The molecule has 1 aliphatic carbocycles. The Hall–Kier alpha value is -1.73. The molecule has 1 saturated carbocycles. The summed E-state index contributed by atoms with van der Waals surface area (Å²) in [6.45, 7) is 0.978. The van der Waals surface area contributed by atoms with Crippen LogP contribution in [0.15, 0.2) is 39.6 Å². The van der Waals surface area contributed by atoms with E-state index in [-0.39, 0.29) is 5.92 Å². The van der Waals surface area contributed by atoms with Gasteiger partial charge in [-0.2, -0.15) is 4.31 Å². The van der Waals surface area contributed by atoms with Crippen LogP contribution in [0.5, 0.6) is 0 Å². The molecule has 1 aromatic carbocycles. The second kappa shape index (κ2) is 5.72. The molecule has 0 radical (unpaired) electrons. The van der Waals surface area contributed by atoms with Gasteiger partial charge < -0.3 is 4.42 Å². The SMILES string of the molecule is O=S(=O)(c1ccccc1)N1CCC(c2nnc(C3CC3)o2)CC1. The van der Waals surface area contributed by atoms with E-state index in [2.05, 4.69) is 10.2 Å². The summed E-state index contributed by atoms with van der Waals surface area (Å²) in [4.78, 5) is 0.354. The van der Waals surface area contributed by atoms with Gasteiger partial charge in [-0.05, 0) is 37.8 Å². The fraction of sp³-hybridized carbons (Fsp3) is 0.500. The van der Waals surface area contributed by atoms with Crippen LogP contribution >= 0.6 is 0 Å². The maximum Gasteiger partial charge on any atom is 0.243 e. The molecule has 23 heavy (non-hydrogen) atoms. The molecule has 0 spiro atoms. The smallest absolute Gasteiger partial charge is 0.243 e. The van der Waals surface area contributed by atoms with Gasteiger partial charge >= 0.3 is 0 Å². The lowest BCUT2D eigenvalue weighted by atomic mass is 9.98. The Kier molecular flexibility index (Phi) is 3.69. The first kappa shape index (κ1) is 14.8. The van der Waals surface area contributed by atoms with Gasteiger partial charge in [0.1, 0.15) is 0 Å². The molecule has 2 heterocycles. The molecule has 0 bridgehead atoms. The third-order valence-corrected chi connectivity index (χ3v) is 6.48. The Morgan fingerprint density at radius 2 is 1.48 bits per heavy atom. The molecule has 2 aromatic rings. The highest BCUT2D eigenvalue weighted by molar-refractivity contribution is 7.89. The number of benzene rings is 1. The first-order valence-electron chi connectivity index (χ1n) is 8.03. The summed E-state index contributed by atoms with van der Waals surface area (Å²) in [7, 11) is -3.40. The minimum absolute atomic E-state index is 0.164. The molecule has 4 rings (SSSR count). The van der Waals surface area contributed by atoms with Gasteiger partial charge in [-0.1, -0.05) is 18.2 Å². The first-order chi connectivity index (χ1) is 11.1. The van der Waals surface area contributed by atoms with E-state index >= 15 is 0 Å². The van der Waals surface area contributed by atoms with Gasteiger partial charge in [0.2, 0.25) is 21.8 Å². The quantitative estimate of drug-likeness (QED) is 0.859. The summed E-state index contributed by atoms with van der Waals surface area (Å²) in [5, 5.41) is 8.28. The molecule has 1 aliphatic heterocycles. The highest BCUT2D eigenvalue weighted by Crippen LogP contribution is 2.40. The van der Waals surface area contributed by atoms with Crippen LogP contribution in [0.2, 0.25) is 0 Å². The molecule has 7 heteroatoms. The monoisotopic (exact) mass is 333 g/mol. The van der Waals surface area contributed by atoms with Gasteiger partial charge in [-0.15, -0.1) is 10.2 Å². The van der Waals surface area contributed by atoms with Crippen molar-refractivity contribution in [1.29, 1.82) is 0 Å². The van der Waals surface area contributed by atoms with Crippen LogP contribution in [0, 0.1) is 0 Å². The average molecular weight is 333 g/mol. The molecule has 1 saturated heterocycles. The average Bonchev–Trinajstić information content (AvgIpc) is 3.33. The Labute approximate surface area is 135 Å². The van der Waals surface area contributed by atoms with Crippen molar-refractivity contribution in [2.24, 2.45) is 0 Å². The van der Waals surface area contributed by atoms with Crippen LogP contribution in [0.25, 0.3) is 0 Å². The molecule has 0 atom stereocenters. The zero-order valence-electron chi connectivity index (χ0n) is 12.8. The van der Waals surface area contributed by atoms with Crippen LogP contribution in [0.3, 0.4) is 0 Å². The lowest BCUT2D eigenvalue weighted by Gasteiger charge is -2.29. The number of piperidine rings is 1. The number of hydrogen-bond acceptors (Lipinski definition) is 5. The van der Waals surface area contributed by atoms with Crippen molar-refractivity contribution in [3.05, 3.63) is 42.1 Å². The van der Waals surface area contributed by atoms with E-state index in [4.69, 9.17) is 4.42 Å². The predicted molar refractivity (Wildman–Crippen MR) is 83.4 cm³/mol. The Morgan fingerprint density at radius 3 is 2.04 bits per heavy atom. The van der Waals surface area contributed by atoms with E-state index in [0.29, 0.717) is 29.8 Å². The summed E-state index contributed by atoms with van der Waals surface area (Å²) < 4.78 is 32.5. The van der Waals surface area contributed by atoms with E-state index in [0.717, 1.165) is 31.6 Å². The largest absolute Gasteiger partial charge is 0.425 e. The standard InChI is InChI=1S/C16H19N3O3S/c20-23(21,14-4-2-1-3-5-14)19-10-8-13(9-11-19)16-18-17-15(22-16)12-6-7-12/h1-5,12-13H,6-11H2. The zero-order valence-corrected chi connectivity index (χ0v) is 13.6. The minimum Gasteiger partial charge on any atom is -0.425 e. The van der Waals surface area contributed by atoms with Gasteiger partial charge in [0.05, 0.1) is 4.90 Å². The highest BCUT2D eigenvalue weighted by Gasteiger charge is 2.34. The third-order valence-electron chi connectivity index (χ3n) is 4.57. The summed E-state index contributed by atoms with van der Waals surface area (Å²) in [6.07, 6.45) is 3.71. The van der Waals surface area contributed by atoms with Crippen molar-refractivity contribution in [3.63, 3.8) is 0 Å². The number of hydrogen-bond donors (Lipinski definition) is 0. The highest BCUT2D eigenvalue weighted by atomic mass is 32.2. The predicted octanol–water partition coefficient (Wildman–Crippen LogP) is 2.52. The van der Waals surface area contributed by atoms with Crippen molar-refractivity contribution >= 4 is 10.0 Å². The van der Waals surface area contributed by atoms with Gasteiger partial charge in [-0.3, -0.25) is 0 Å². The number of sulfonamides is 1.